The number of nitrogen functional groups attached to an aromatic ring is 1. The first-order valence-electron chi connectivity index (χ1n) is 8.20. The van der Waals surface area contributed by atoms with E-state index in [4.69, 9.17) is 10.5 Å². The highest BCUT2D eigenvalue weighted by Crippen LogP contribution is 2.19. The molecule has 134 valence electrons. The molecule has 0 aliphatic carbocycles. The number of nitrogens with one attached hydrogen (secondary N) is 1. The Morgan fingerprint density at radius 1 is 1.32 bits per heavy atom. The maximum Gasteiger partial charge on any atom is 0.333 e. The number of aryl methyl sites for hydroxylation is 1. The molecule has 2 aromatic rings. The van der Waals surface area contributed by atoms with Crippen molar-refractivity contribution in [1.82, 2.24) is 9.78 Å². The summed E-state index contributed by atoms with van der Waals surface area (Å²) < 4.78 is 6.53. The number of esters is 1. The molecule has 1 heterocycles. The summed E-state index contributed by atoms with van der Waals surface area (Å²) in [6, 6.07) is 7.47. The fourth-order valence-corrected chi connectivity index (χ4v) is 2.33. The third-order valence-corrected chi connectivity index (χ3v) is 3.89. The summed E-state index contributed by atoms with van der Waals surface area (Å²) in [5.41, 5.74) is 7.08. The summed E-state index contributed by atoms with van der Waals surface area (Å²) >= 11 is 0. The van der Waals surface area contributed by atoms with Crippen LogP contribution in [0.5, 0.6) is 0 Å². The average Bonchev–Trinajstić information content (AvgIpc) is 3.03. The lowest BCUT2D eigenvalue weighted by Crippen LogP contribution is -2.37. The molecule has 3 N–H and O–H groups in total. The summed E-state index contributed by atoms with van der Waals surface area (Å²) in [7, 11) is 0. The number of carbonyl (C=O) groups is 2. The number of nitrogens with two attached hydrogens (primary N) is 1. The van der Waals surface area contributed by atoms with E-state index < -0.39 is 5.54 Å². The van der Waals surface area contributed by atoms with Gasteiger partial charge in [0.25, 0.3) is 0 Å². The Labute approximate surface area is 147 Å². The van der Waals surface area contributed by atoms with Gasteiger partial charge in [0.05, 0.1) is 18.5 Å². The number of nitrogens with zero attached hydrogens (tertiary/aromatic N) is 2. The molecule has 1 aromatic heterocycles. The summed E-state index contributed by atoms with van der Waals surface area (Å²) in [6.45, 7) is 5.47. The van der Waals surface area contributed by atoms with Gasteiger partial charge in [-0.2, -0.15) is 5.10 Å². The van der Waals surface area contributed by atoms with E-state index >= 15 is 0 Å². The number of amides is 1. The van der Waals surface area contributed by atoms with Crippen molar-refractivity contribution in [2.75, 3.05) is 17.7 Å². The van der Waals surface area contributed by atoms with Crippen LogP contribution >= 0.6 is 0 Å². The minimum Gasteiger partial charge on any atom is -0.464 e. The monoisotopic (exact) mass is 344 g/mol. The topological polar surface area (TPSA) is 99.2 Å². The first kappa shape index (κ1) is 18.5. The Morgan fingerprint density at radius 2 is 2.04 bits per heavy atom. The minimum atomic E-state index is -0.947. The van der Waals surface area contributed by atoms with Gasteiger partial charge in [-0.15, -0.1) is 0 Å². The second kappa shape index (κ2) is 7.83. The molecule has 0 radical (unpaired) electrons. The van der Waals surface area contributed by atoms with Crippen LogP contribution in [0.25, 0.3) is 0 Å². The van der Waals surface area contributed by atoms with Crippen molar-refractivity contribution in [2.45, 2.75) is 39.2 Å². The van der Waals surface area contributed by atoms with Crippen LogP contribution in [0.15, 0.2) is 36.7 Å². The molecular weight excluding hydrogens is 320 g/mol. The fraction of sp³-hybridized carbons (Fsp3) is 0.389. The van der Waals surface area contributed by atoms with Crippen LogP contribution in [0.4, 0.5) is 11.4 Å². The van der Waals surface area contributed by atoms with Gasteiger partial charge in [-0.3, -0.25) is 9.48 Å². The first-order chi connectivity index (χ1) is 11.8. The Hall–Kier alpha value is -2.83. The van der Waals surface area contributed by atoms with Crippen molar-refractivity contribution < 1.29 is 14.3 Å². The molecule has 1 amide bonds. The van der Waals surface area contributed by atoms with Gasteiger partial charge >= 0.3 is 5.97 Å². The summed E-state index contributed by atoms with van der Waals surface area (Å²) in [5.74, 6) is -0.521. The van der Waals surface area contributed by atoms with Crippen molar-refractivity contribution in [3.63, 3.8) is 0 Å². The van der Waals surface area contributed by atoms with E-state index in [0.29, 0.717) is 30.8 Å². The zero-order chi connectivity index (χ0) is 18.4. The Bertz CT molecular complexity index is 752. The SMILES string of the molecule is CCOC(=O)C(C)(C)n1cc(NC(=O)CCc2ccccc2N)cn1. The Kier molecular flexibility index (Phi) is 5.80. The van der Waals surface area contributed by atoms with E-state index in [1.54, 1.807) is 27.0 Å². The van der Waals surface area contributed by atoms with Gasteiger partial charge in [0.1, 0.15) is 0 Å². The second-order valence-electron chi connectivity index (χ2n) is 6.20. The summed E-state index contributed by atoms with van der Waals surface area (Å²) in [4.78, 5) is 24.1. The van der Waals surface area contributed by atoms with Gasteiger partial charge in [0.15, 0.2) is 5.54 Å². The van der Waals surface area contributed by atoms with Crippen molar-refractivity contribution in [1.29, 1.82) is 0 Å². The molecule has 0 fully saturated rings. The maximum atomic E-state index is 12.1. The quantitative estimate of drug-likeness (QED) is 0.593. The first-order valence-corrected chi connectivity index (χ1v) is 8.20. The standard InChI is InChI=1S/C18H24N4O3/c1-4-25-17(24)18(2,3)22-12-14(11-20-22)21-16(23)10-9-13-7-5-6-8-15(13)19/h5-8,11-12H,4,9-10,19H2,1-3H3,(H,21,23). The number of hydrogen-bond acceptors (Lipinski definition) is 5. The van der Waals surface area contributed by atoms with Crippen LogP contribution in [0.2, 0.25) is 0 Å². The molecule has 0 saturated carbocycles. The predicted molar refractivity (Wildman–Crippen MR) is 96.0 cm³/mol. The molecule has 7 heteroatoms. The van der Waals surface area contributed by atoms with Crippen LogP contribution in [-0.2, 0) is 26.3 Å². The predicted octanol–water partition coefficient (Wildman–Crippen LogP) is 2.33. The van der Waals surface area contributed by atoms with Crippen molar-refractivity contribution in [3.05, 3.63) is 42.2 Å². The lowest BCUT2D eigenvalue weighted by Gasteiger charge is -2.22. The number of benzene rings is 1. The molecule has 7 nitrogen and oxygen atoms in total. The molecule has 0 saturated heterocycles. The van der Waals surface area contributed by atoms with E-state index in [1.807, 2.05) is 24.3 Å². The minimum absolute atomic E-state index is 0.142. The molecule has 0 aliphatic rings. The lowest BCUT2D eigenvalue weighted by molar-refractivity contribution is -0.152. The van der Waals surface area contributed by atoms with Crippen LogP contribution < -0.4 is 11.1 Å². The van der Waals surface area contributed by atoms with Gasteiger partial charge in [-0.25, -0.2) is 4.79 Å². The number of anilines is 2. The van der Waals surface area contributed by atoms with Crippen molar-refractivity contribution >= 4 is 23.3 Å². The smallest absolute Gasteiger partial charge is 0.333 e. The lowest BCUT2D eigenvalue weighted by atomic mass is 10.1. The van der Waals surface area contributed by atoms with Gasteiger partial charge in [0, 0.05) is 18.3 Å². The third kappa shape index (κ3) is 4.59. The molecule has 0 atom stereocenters. The number of carbonyl (C=O) groups excluding carboxylic acids is 2. The van der Waals surface area contributed by atoms with Crippen LogP contribution in [0.1, 0.15) is 32.8 Å². The largest absolute Gasteiger partial charge is 0.464 e. The molecule has 1 aromatic carbocycles. The van der Waals surface area contributed by atoms with Gasteiger partial charge in [-0.1, -0.05) is 18.2 Å². The van der Waals surface area contributed by atoms with Crippen LogP contribution in [-0.4, -0.2) is 28.3 Å². The Balaban J connectivity index is 1.95. The third-order valence-electron chi connectivity index (χ3n) is 3.89. The van der Waals surface area contributed by atoms with E-state index in [2.05, 4.69) is 10.4 Å². The van der Waals surface area contributed by atoms with Crippen molar-refractivity contribution in [3.8, 4) is 0 Å². The van der Waals surface area contributed by atoms with Gasteiger partial charge in [-0.05, 0) is 38.8 Å². The van der Waals surface area contributed by atoms with Gasteiger partial charge < -0.3 is 15.8 Å². The van der Waals surface area contributed by atoms with Crippen LogP contribution in [0, 0.1) is 0 Å². The van der Waals surface area contributed by atoms with Crippen LogP contribution in [0.3, 0.4) is 0 Å². The highest BCUT2D eigenvalue weighted by molar-refractivity contribution is 5.90. The van der Waals surface area contributed by atoms with E-state index in [-0.39, 0.29) is 11.9 Å². The highest BCUT2D eigenvalue weighted by Gasteiger charge is 2.32. The highest BCUT2D eigenvalue weighted by atomic mass is 16.5. The maximum absolute atomic E-state index is 12.1. The molecule has 25 heavy (non-hydrogen) atoms. The number of para-hydroxylation sites is 1. The van der Waals surface area contributed by atoms with E-state index in [1.165, 1.54) is 10.9 Å². The molecule has 2 rings (SSSR count). The number of aromatic nitrogens is 2. The molecule has 0 spiro atoms. The second-order valence-corrected chi connectivity index (χ2v) is 6.20. The molecule has 0 bridgehead atoms. The Morgan fingerprint density at radius 3 is 2.72 bits per heavy atom. The zero-order valence-corrected chi connectivity index (χ0v) is 14.8. The number of rotatable bonds is 7. The molecule has 0 unspecified atom stereocenters. The number of ether oxygens (including phenoxy) is 1. The summed E-state index contributed by atoms with van der Waals surface area (Å²) in [5, 5.41) is 6.94. The van der Waals surface area contributed by atoms with E-state index in [0.717, 1.165) is 5.56 Å². The van der Waals surface area contributed by atoms with Gasteiger partial charge in [0.2, 0.25) is 5.91 Å². The van der Waals surface area contributed by atoms with E-state index in [9.17, 15) is 9.59 Å². The fourth-order valence-electron chi connectivity index (χ4n) is 2.33. The average molecular weight is 344 g/mol. The number of hydrogen-bond donors (Lipinski definition) is 2. The summed E-state index contributed by atoms with van der Waals surface area (Å²) in [6.07, 6.45) is 3.99. The van der Waals surface area contributed by atoms with Crippen molar-refractivity contribution in [2.24, 2.45) is 0 Å². The normalized spacial score (nSPS) is 11.2. The molecule has 0 aliphatic heterocycles. The zero-order valence-electron chi connectivity index (χ0n) is 14.8. The molecular formula is C18H24N4O3.